The largest absolute Gasteiger partial charge is 0.461 e. The molecule has 7 heteroatoms. The number of hydrogen-bond donors (Lipinski definition) is 0. The van der Waals surface area contributed by atoms with E-state index in [9.17, 15) is 9.59 Å². The topological polar surface area (TPSA) is 83.3 Å². The van der Waals surface area contributed by atoms with Crippen LogP contribution in [-0.2, 0) is 9.47 Å². The van der Waals surface area contributed by atoms with E-state index in [2.05, 4.69) is 4.98 Å². The minimum Gasteiger partial charge on any atom is -0.461 e. The molecule has 0 aliphatic carbocycles. The maximum absolute atomic E-state index is 12.8. The van der Waals surface area contributed by atoms with Gasteiger partial charge in [0.25, 0.3) is 0 Å². The van der Waals surface area contributed by atoms with E-state index >= 15 is 0 Å². The average molecular weight is 417 g/mol. The van der Waals surface area contributed by atoms with Gasteiger partial charge in [-0.25, -0.2) is 19.6 Å². The Bertz CT molecular complexity index is 1260. The van der Waals surface area contributed by atoms with Crippen LogP contribution in [0.2, 0.25) is 0 Å². The molecule has 2 aromatic rings. The zero-order valence-corrected chi connectivity index (χ0v) is 17.9. The van der Waals surface area contributed by atoms with Crippen LogP contribution in [0.1, 0.15) is 46.0 Å². The third-order valence-corrected chi connectivity index (χ3v) is 4.95. The second-order valence-corrected chi connectivity index (χ2v) is 7.22. The predicted octanol–water partition coefficient (Wildman–Crippen LogP) is 4.50. The van der Waals surface area contributed by atoms with Crippen LogP contribution in [0.25, 0.3) is 28.1 Å². The van der Waals surface area contributed by atoms with Gasteiger partial charge in [-0.15, -0.1) is 0 Å². The van der Waals surface area contributed by atoms with E-state index in [4.69, 9.17) is 14.5 Å². The van der Waals surface area contributed by atoms with Crippen LogP contribution in [0.3, 0.4) is 0 Å². The normalized spacial score (nSPS) is 11.1. The van der Waals surface area contributed by atoms with Crippen LogP contribution < -0.4 is 0 Å². The Morgan fingerprint density at radius 3 is 2.10 bits per heavy atom. The number of carbonyl (C=O) groups is 2. The molecule has 4 rings (SSSR count). The monoisotopic (exact) mass is 417 g/mol. The summed E-state index contributed by atoms with van der Waals surface area (Å²) in [5.74, 6) is -1.24. The summed E-state index contributed by atoms with van der Waals surface area (Å²) < 4.78 is 12.3. The highest BCUT2D eigenvalue weighted by Gasteiger charge is 2.33. The molecule has 158 valence electrons. The third-order valence-electron chi connectivity index (χ3n) is 4.95. The molecule has 0 saturated carbocycles. The molecule has 2 aliphatic heterocycles. The summed E-state index contributed by atoms with van der Waals surface area (Å²) in [6, 6.07) is 13.7. The fraction of sp³-hybridized carbons (Fsp3) is 0.250. The highest BCUT2D eigenvalue weighted by Crippen LogP contribution is 2.35. The number of esters is 2. The van der Waals surface area contributed by atoms with Gasteiger partial charge >= 0.3 is 11.9 Å². The molecule has 2 heterocycles. The first-order valence-corrected chi connectivity index (χ1v) is 10.2. The smallest absolute Gasteiger partial charge is 0.359 e. The van der Waals surface area contributed by atoms with Crippen molar-refractivity contribution in [3.63, 3.8) is 0 Å². The van der Waals surface area contributed by atoms with Crippen molar-refractivity contribution in [1.29, 1.82) is 0 Å². The number of rotatable bonds is 5. The number of fused-ring (bicyclic) bond motifs is 2. The lowest BCUT2D eigenvalue weighted by atomic mass is 10.1. The van der Waals surface area contributed by atoms with E-state index in [0.717, 1.165) is 22.3 Å². The summed E-state index contributed by atoms with van der Waals surface area (Å²) in [6.07, 6.45) is 0. The van der Waals surface area contributed by atoms with Crippen molar-refractivity contribution >= 4 is 23.0 Å². The molecule has 0 atom stereocenters. The molecular weight excluding hydrogens is 394 g/mol. The molecule has 0 unspecified atom stereocenters. The second kappa shape index (κ2) is 8.18. The van der Waals surface area contributed by atoms with Crippen LogP contribution in [0.4, 0.5) is 0 Å². The Balaban J connectivity index is 2.14. The van der Waals surface area contributed by atoms with Gasteiger partial charge in [0.1, 0.15) is 11.4 Å². The second-order valence-electron chi connectivity index (χ2n) is 7.22. The summed E-state index contributed by atoms with van der Waals surface area (Å²) in [5, 5.41) is 0. The number of aromatic nitrogens is 3. The number of ether oxygens (including phenoxy) is 2. The average Bonchev–Trinajstić information content (AvgIpc) is 3.13. The van der Waals surface area contributed by atoms with Crippen molar-refractivity contribution in [1.82, 2.24) is 14.5 Å². The van der Waals surface area contributed by atoms with Crippen molar-refractivity contribution in [3.05, 3.63) is 65.0 Å². The minimum atomic E-state index is -0.627. The molecule has 2 aliphatic rings. The zero-order valence-electron chi connectivity index (χ0n) is 17.9. The van der Waals surface area contributed by atoms with Crippen LogP contribution >= 0.6 is 0 Å². The minimum absolute atomic E-state index is 0.00300. The van der Waals surface area contributed by atoms with Crippen molar-refractivity contribution in [2.45, 2.75) is 27.7 Å². The van der Waals surface area contributed by atoms with Crippen molar-refractivity contribution in [2.24, 2.45) is 0 Å². The van der Waals surface area contributed by atoms with E-state index < -0.39 is 11.9 Å². The number of benzene rings is 2. The van der Waals surface area contributed by atoms with Gasteiger partial charge in [0.15, 0.2) is 11.4 Å². The Morgan fingerprint density at radius 1 is 0.839 bits per heavy atom. The Kier molecular flexibility index (Phi) is 5.42. The van der Waals surface area contributed by atoms with Crippen LogP contribution in [-0.4, -0.2) is 39.7 Å². The van der Waals surface area contributed by atoms with E-state index in [0.29, 0.717) is 16.9 Å². The SMILES string of the molecule is CCOC(=O)c1nc(C(=O)OCC)c2n(-c3ccc(C)cc3)c3cc(C)ccc3nc1-2. The first kappa shape index (κ1) is 20.5. The number of hydrogen-bond acceptors (Lipinski definition) is 6. The molecule has 0 saturated heterocycles. The highest BCUT2D eigenvalue weighted by molar-refractivity contribution is 6.04. The summed E-state index contributed by atoms with van der Waals surface area (Å²) in [5.41, 5.74) is 5.20. The number of aryl methyl sites for hydroxylation is 2. The number of nitrogens with zero attached hydrogens (tertiary/aromatic N) is 3. The van der Waals surface area contributed by atoms with Gasteiger partial charge in [-0.2, -0.15) is 0 Å². The Morgan fingerprint density at radius 2 is 1.45 bits per heavy atom. The van der Waals surface area contributed by atoms with E-state index in [1.54, 1.807) is 13.8 Å². The van der Waals surface area contributed by atoms with Crippen LogP contribution in [0, 0.1) is 13.8 Å². The fourth-order valence-electron chi connectivity index (χ4n) is 3.55. The molecule has 7 nitrogen and oxygen atoms in total. The van der Waals surface area contributed by atoms with Gasteiger partial charge < -0.3 is 14.0 Å². The lowest BCUT2D eigenvalue weighted by molar-refractivity contribution is 0.0517. The molecule has 31 heavy (non-hydrogen) atoms. The molecule has 0 bridgehead atoms. The van der Waals surface area contributed by atoms with Gasteiger partial charge in [-0.1, -0.05) is 23.8 Å². The molecule has 0 N–H and O–H groups in total. The van der Waals surface area contributed by atoms with Gasteiger partial charge in [-0.3, -0.25) is 0 Å². The van der Waals surface area contributed by atoms with Gasteiger partial charge in [0.05, 0.1) is 24.2 Å². The quantitative estimate of drug-likeness (QED) is 0.445. The Hall–Kier alpha value is -3.74. The van der Waals surface area contributed by atoms with E-state index in [1.807, 2.05) is 60.9 Å². The van der Waals surface area contributed by atoms with Crippen molar-refractivity contribution in [2.75, 3.05) is 13.2 Å². The first-order valence-electron chi connectivity index (χ1n) is 10.2. The lowest BCUT2D eigenvalue weighted by Gasteiger charge is -2.18. The standard InChI is InChI=1S/C24H23N3O4/c1-5-30-23(28)20-19-22(21(26-20)24(29)31-6-2)27(16-10-7-14(3)8-11-16)18-13-15(4)9-12-17(18)25-19/h7-13H,5-6H2,1-4H3. The van der Waals surface area contributed by atoms with Gasteiger partial charge in [0.2, 0.25) is 0 Å². The molecule has 0 amide bonds. The highest BCUT2D eigenvalue weighted by atomic mass is 16.5. The van der Waals surface area contributed by atoms with Crippen LogP contribution in [0.15, 0.2) is 42.5 Å². The predicted molar refractivity (Wildman–Crippen MR) is 117 cm³/mol. The maximum Gasteiger partial charge on any atom is 0.359 e. The van der Waals surface area contributed by atoms with Gasteiger partial charge in [-0.05, 0) is 57.5 Å². The summed E-state index contributed by atoms with van der Waals surface area (Å²) in [4.78, 5) is 34.5. The third kappa shape index (κ3) is 3.63. The Labute approximate surface area is 180 Å². The summed E-state index contributed by atoms with van der Waals surface area (Å²) >= 11 is 0. The van der Waals surface area contributed by atoms with Crippen LogP contribution in [0.5, 0.6) is 0 Å². The molecular formula is C24H23N3O4. The summed E-state index contributed by atoms with van der Waals surface area (Å²) in [6.45, 7) is 7.81. The molecule has 0 fully saturated rings. The molecule has 0 spiro atoms. The molecule has 0 aromatic heterocycles. The fourth-order valence-corrected chi connectivity index (χ4v) is 3.55. The first-order chi connectivity index (χ1) is 14.9. The zero-order chi connectivity index (χ0) is 22.1. The molecule has 2 aromatic carbocycles. The van der Waals surface area contributed by atoms with E-state index in [-0.39, 0.29) is 24.6 Å². The van der Waals surface area contributed by atoms with Crippen molar-refractivity contribution in [3.8, 4) is 17.1 Å². The number of carbonyl (C=O) groups excluding carboxylic acids is 2. The van der Waals surface area contributed by atoms with E-state index in [1.165, 1.54) is 0 Å². The summed E-state index contributed by atoms with van der Waals surface area (Å²) in [7, 11) is 0. The molecule has 0 radical (unpaired) electrons. The lowest BCUT2D eigenvalue weighted by Crippen LogP contribution is -2.12. The van der Waals surface area contributed by atoms with Crippen molar-refractivity contribution < 1.29 is 19.1 Å². The van der Waals surface area contributed by atoms with Gasteiger partial charge in [0, 0.05) is 5.69 Å². The maximum atomic E-state index is 12.8.